The Morgan fingerprint density at radius 2 is 1.96 bits per heavy atom. The SMILES string of the molecule is CCOc1ccc(-c2nc(COC(=O)c3ccc(O)cc3O)cs2)cc1OC. The minimum Gasteiger partial charge on any atom is -0.508 e. The molecule has 0 radical (unpaired) electrons. The van der Waals surface area contributed by atoms with Crippen LogP contribution in [-0.4, -0.2) is 34.9 Å². The van der Waals surface area contributed by atoms with Gasteiger partial charge in [0, 0.05) is 17.0 Å². The molecular weight excluding hydrogens is 382 g/mol. The van der Waals surface area contributed by atoms with E-state index in [0.717, 1.165) is 16.6 Å². The van der Waals surface area contributed by atoms with Crippen molar-refractivity contribution in [2.75, 3.05) is 13.7 Å². The average molecular weight is 401 g/mol. The first kappa shape index (κ1) is 19.5. The quantitative estimate of drug-likeness (QED) is 0.578. The van der Waals surface area contributed by atoms with Crippen LogP contribution >= 0.6 is 11.3 Å². The van der Waals surface area contributed by atoms with Crippen LogP contribution in [0.1, 0.15) is 23.0 Å². The fraction of sp³-hybridized carbons (Fsp3) is 0.200. The van der Waals surface area contributed by atoms with E-state index >= 15 is 0 Å². The van der Waals surface area contributed by atoms with Crippen molar-refractivity contribution < 1.29 is 29.2 Å². The molecule has 7 nitrogen and oxygen atoms in total. The van der Waals surface area contributed by atoms with Crippen molar-refractivity contribution >= 4 is 17.3 Å². The molecule has 1 heterocycles. The Labute approximate surface area is 165 Å². The summed E-state index contributed by atoms with van der Waals surface area (Å²) in [7, 11) is 1.58. The van der Waals surface area contributed by atoms with Crippen LogP contribution in [0.3, 0.4) is 0 Å². The summed E-state index contributed by atoms with van der Waals surface area (Å²) < 4.78 is 16.1. The Balaban J connectivity index is 1.69. The number of methoxy groups -OCH3 is 1. The van der Waals surface area contributed by atoms with E-state index in [2.05, 4.69) is 4.98 Å². The highest BCUT2D eigenvalue weighted by atomic mass is 32.1. The van der Waals surface area contributed by atoms with Crippen LogP contribution in [-0.2, 0) is 11.3 Å². The van der Waals surface area contributed by atoms with Crippen LogP contribution in [0, 0.1) is 0 Å². The number of rotatable bonds is 7. The molecular formula is C20H19NO6S. The lowest BCUT2D eigenvalue weighted by molar-refractivity contribution is 0.0465. The molecule has 1 aromatic heterocycles. The van der Waals surface area contributed by atoms with Gasteiger partial charge in [-0.05, 0) is 37.3 Å². The van der Waals surface area contributed by atoms with Crippen LogP contribution in [0.5, 0.6) is 23.0 Å². The molecule has 0 amide bonds. The van der Waals surface area contributed by atoms with Gasteiger partial charge in [0.25, 0.3) is 0 Å². The molecule has 0 saturated carbocycles. The Kier molecular flexibility index (Phi) is 6.00. The molecule has 0 bridgehead atoms. The van der Waals surface area contributed by atoms with Gasteiger partial charge in [0.05, 0.1) is 19.4 Å². The van der Waals surface area contributed by atoms with E-state index in [1.807, 2.05) is 25.1 Å². The smallest absolute Gasteiger partial charge is 0.342 e. The molecule has 8 heteroatoms. The van der Waals surface area contributed by atoms with Crippen molar-refractivity contribution in [3.8, 4) is 33.6 Å². The third-order valence-electron chi connectivity index (χ3n) is 3.81. The number of ether oxygens (including phenoxy) is 3. The van der Waals surface area contributed by atoms with Gasteiger partial charge in [-0.2, -0.15) is 0 Å². The number of thiazole rings is 1. The zero-order chi connectivity index (χ0) is 20.1. The van der Waals surface area contributed by atoms with Gasteiger partial charge in [-0.25, -0.2) is 9.78 Å². The highest BCUT2D eigenvalue weighted by Gasteiger charge is 2.15. The topological polar surface area (TPSA) is 98.1 Å². The van der Waals surface area contributed by atoms with Crippen molar-refractivity contribution in [3.63, 3.8) is 0 Å². The van der Waals surface area contributed by atoms with E-state index in [1.54, 1.807) is 12.5 Å². The molecule has 0 saturated heterocycles. The highest BCUT2D eigenvalue weighted by Crippen LogP contribution is 2.34. The predicted octanol–water partition coefficient (Wildman–Crippen LogP) is 3.99. The number of carbonyl (C=O) groups is 1. The molecule has 3 aromatic rings. The van der Waals surface area contributed by atoms with Crippen molar-refractivity contribution in [2.24, 2.45) is 0 Å². The van der Waals surface area contributed by atoms with Gasteiger partial charge >= 0.3 is 5.97 Å². The zero-order valence-corrected chi connectivity index (χ0v) is 16.2. The van der Waals surface area contributed by atoms with Gasteiger partial charge in [0.15, 0.2) is 11.5 Å². The van der Waals surface area contributed by atoms with E-state index in [0.29, 0.717) is 23.8 Å². The van der Waals surface area contributed by atoms with E-state index in [9.17, 15) is 15.0 Å². The third-order valence-corrected chi connectivity index (χ3v) is 4.75. The van der Waals surface area contributed by atoms with E-state index in [4.69, 9.17) is 14.2 Å². The summed E-state index contributed by atoms with van der Waals surface area (Å²) >= 11 is 1.41. The Morgan fingerprint density at radius 3 is 2.68 bits per heavy atom. The van der Waals surface area contributed by atoms with Crippen LogP contribution in [0.2, 0.25) is 0 Å². The number of hydrogen-bond donors (Lipinski definition) is 2. The molecule has 0 unspecified atom stereocenters. The maximum Gasteiger partial charge on any atom is 0.342 e. The molecule has 2 N–H and O–H groups in total. The minimum absolute atomic E-state index is 0.0236. The van der Waals surface area contributed by atoms with E-state index < -0.39 is 5.97 Å². The molecule has 0 atom stereocenters. The Morgan fingerprint density at radius 1 is 1.14 bits per heavy atom. The second kappa shape index (κ2) is 8.62. The van der Waals surface area contributed by atoms with E-state index in [-0.39, 0.29) is 23.7 Å². The van der Waals surface area contributed by atoms with Crippen molar-refractivity contribution in [2.45, 2.75) is 13.5 Å². The summed E-state index contributed by atoms with van der Waals surface area (Å²) in [6.07, 6.45) is 0. The van der Waals surface area contributed by atoms with Crippen LogP contribution in [0.4, 0.5) is 0 Å². The molecule has 0 aliphatic heterocycles. The fourth-order valence-corrected chi connectivity index (χ4v) is 3.29. The summed E-state index contributed by atoms with van der Waals surface area (Å²) in [6.45, 7) is 2.41. The second-order valence-electron chi connectivity index (χ2n) is 5.72. The van der Waals surface area contributed by atoms with Crippen molar-refractivity contribution in [3.05, 3.63) is 53.0 Å². The van der Waals surface area contributed by atoms with Gasteiger partial charge in [-0.15, -0.1) is 11.3 Å². The lowest BCUT2D eigenvalue weighted by Crippen LogP contribution is -2.05. The molecule has 146 valence electrons. The standard InChI is InChI=1S/C20H19NO6S/c1-3-26-17-7-4-12(8-18(17)25-2)19-21-13(11-28-19)10-27-20(24)15-6-5-14(22)9-16(15)23/h4-9,11,22-23H,3,10H2,1-2H3. The highest BCUT2D eigenvalue weighted by molar-refractivity contribution is 7.13. The maximum absolute atomic E-state index is 12.1. The molecule has 3 rings (SSSR count). The average Bonchev–Trinajstić information content (AvgIpc) is 3.15. The molecule has 0 aliphatic carbocycles. The monoisotopic (exact) mass is 401 g/mol. The number of aromatic hydroxyl groups is 2. The zero-order valence-electron chi connectivity index (χ0n) is 15.3. The maximum atomic E-state index is 12.1. The van der Waals surface area contributed by atoms with Crippen molar-refractivity contribution in [1.29, 1.82) is 0 Å². The van der Waals surface area contributed by atoms with Gasteiger partial charge in [0.1, 0.15) is 28.7 Å². The largest absolute Gasteiger partial charge is 0.508 e. The van der Waals surface area contributed by atoms with Gasteiger partial charge in [-0.3, -0.25) is 0 Å². The first-order valence-corrected chi connectivity index (χ1v) is 9.34. The summed E-state index contributed by atoms with van der Waals surface area (Å²) in [5, 5.41) is 21.6. The molecule has 0 fully saturated rings. The Hall–Kier alpha value is -3.26. The molecule has 2 aromatic carbocycles. The Bertz CT molecular complexity index is 985. The number of nitrogens with zero attached hydrogens (tertiary/aromatic N) is 1. The summed E-state index contributed by atoms with van der Waals surface area (Å²) in [5.74, 6) is 0.0997. The number of benzene rings is 2. The van der Waals surface area contributed by atoms with Gasteiger partial charge in [0.2, 0.25) is 0 Å². The number of aromatic nitrogens is 1. The lowest BCUT2D eigenvalue weighted by atomic mass is 10.2. The lowest BCUT2D eigenvalue weighted by Gasteiger charge is -2.10. The van der Waals surface area contributed by atoms with Crippen LogP contribution in [0.15, 0.2) is 41.8 Å². The number of phenolic OH excluding ortho intramolecular Hbond substituents is 2. The molecule has 0 aliphatic rings. The normalized spacial score (nSPS) is 10.5. The third kappa shape index (κ3) is 4.34. The second-order valence-corrected chi connectivity index (χ2v) is 6.58. The molecule has 28 heavy (non-hydrogen) atoms. The first-order valence-electron chi connectivity index (χ1n) is 8.46. The van der Waals surface area contributed by atoms with Gasteiger partial charge < -0.3 is 24.4 Å². The van der Waals surface area contributed by atoms with Crippen LogP contribution in [0.25, 0.3) is 10.6 Å². The molecule has 0 spiro atoms. The first-order chi connectivity index (χ1) is 13.5. The number of esters is 1. The van der Waals surface area contributed by atoms with Crippen molar-refractivity contribution in [1.82, 2.24) is 4.98 Å². The number of carbonyl (C=O) groups excluding carboxylic acids is 1. The number of hydrogen-bond acceptors (Lipinski definition) is 8. The predicted molar refractivity (Wildman–Crippen MR) is 104 cm³/mol. The number of phenols is 2. The summed E-state index contributed by atoms with van der Waals surface area (Å²) in [4.78, 5) is 16.6. The van der Waals surface area contributed by atoms with Crippen LogP contribution < -0.4 is 9.47 Å². The summed E-state index contributed by atoms with van der Waals surface area (Å²) in [5.41, 5.74) is 1.42. The minimum atomic E-state index is -0.699. The fourth-order valence-electron chi connectivity index (χ4n) is 2.49. The van der Waals surface area contributed by atoms with E-state index in [1.165, 1.54) is 23.5 Å². The summed E-state index contributed by atoms with van der Waals surface area (Å²) in [6, 6.07) is 9.23. The van der Waals surface area contributed by atoms with Gasteiger partial charge in [-0.1, -0.05) is 0 Å².